The fraction of sp³-hybridized carbons (Fsp3) is 0.500. The summed E-state index contributed by atoms with van der Waals surface area (Å²) in [7, 11) is 1.58. The summed E-state index contributed by atoms with van der Waals surface area (Å²) in [6.45, 7) is 6.02. The summed E-state index contributed by atoms with van der Waals surface area (Å²) in [6, 6.07) is -0.169. The van der Waals surface area contributed by atoms with E-state index >= 15 is 0 Å². The van der Waals surface area contributed by atoms with Crippen molar-refractivity contribution in [2.75, 3.05) is 13.6 Å². The number of hydrogen-bond donors (Lipinski definition) is 2. The Bertz CT molecular complexity index is 120. The summed E-state index contributed by atoms with van der Waals surface area (Å²) >= 11 is 0. The maximum atomic E-state index is 10.5. The van der Waals surface area contributed by atoms with E-state index < -0.39 is 0 Å². The van der Waals surface area contributed by atoms with Crippen LogP contribution in [0.15, 0.2) is 12.2 Å². The summed E-state index contributed by atoms with van der Waals surface area (Å²) in [5.74, 6) is 0. The van der Waals surface area contributed by atoms with E-state index in [9.17, 15) is 4.79 Å². The Labute approximate surface area is 55.1 Å². The van der Waals surface area contributed by atoms with Crippen LogP contribution in [0.2, 0.25) is 0 Å². The number of rotatable bonds is 2. The smallest absolute Gasteiger partial charge is 0.314 e. The van der Waals surface area contributed by atoms with Crippen LogP contribution in [0, 0.1) is 0 Å². The average molecular weight is 128 g/mol. The standard InChI is InChI=1S/C6H12N2O/c1-5(2)4-8-6(9)7-3/h1,4H2,2-3H3,(H2,7,8,9). The molecule has 0 heterocycles. The molecule has 3 nitrogen and oxygen atoms in total. The van der Waals surface area contributed by atoms with Crippen LogP contribution in [-0.4, -0.2) is 19.6 Å². The lowest BCUT2D eigenvalue weighted by molar-refractivity contribution is 0.243. The first-order valence-electron chi connectivity index (χ1n) is 2.76. The van der Waals surface area contributed by atoms with Gasteiger partial charge in [0, 0.05) is 13.6 Å². The number of carbonyl (C=O) groups is 1. The minimum Gasteiger partial charge on any atom is -0.341 e. The third-order valence-electron chi connectivity index (χ3n) is 0.778. The molecule has 0 rings (SSSR count). The second-order valence-electron chi connectivity index (χ2n) is 1.89. The minimum atomic E-state index is -0.169. The van der Waals surface area contributed by atoms with Crippen molar-refractivity contribution in [2.45, 2.75) is 6.92 Å². The van der Waals surface area contributed by atoms with E-state index in [1.165, 1.54) is 0 Å². The lowest BCUT2D eigenvalue weighted by Gasteiger charge is -2.01. The molecule has 0 saturated heterocycles. The molecule has 0 spiro atoms. The van der Waals surface area contributed by atoms with Crippen molar-refractivity contribution >= 4 is 6.03 Å². The lowest BCUT2D eigenvalue weighted by Crippen LogP contribution is -2.33. The van der Waals surface area contributed by atoms with Crippen LogP contribution >= 0.6 is 0 Å². The molecule has 0 radical (unpaired) electrons. The number of urea groups is 1. The number of hydrogen-bond acceptors (Lipinski definition) is 1. The van der Waals surface area contributed by atoms with E-state index in [-0.39, 0.29) is 6.03 Å². The molecule has 0 aromatic carbocycles. The summed E-state index contributed by atoms with van der Waals surface area (Å²) < 4.78 is 0. The quantitative estimate of drug-likeness (QED) is 0.522. The zero-order valence-corrected chi connectivity index (χ0v) is 5.82. The Hall–Kier alpha value is -0.990. The van der Waals surface area contributed by atoms with Gasteiger partial charge in [0.25, 0.3) is 0 Å². The van der Waals surface area contributed by atoms with Crippen LogP contribution in [0.1, 0.15) is 6.92 Å². The Morgan fingerprint density at radius 3 is 2.56 bits per heavy atom. The van der Waals surface area contributed by atoms with Crippen molar-refractivity contribution in [3.8, 4) is 0 Å². The highest BCUT2D eigenvalue weighted by Crippen LogP contribution is 1.79. The first-order chi connectivity index (χ1) is 4.16. The predicted octanol–water partition coefficient (Wildman–Crippen LogP) is 0.491. The van der Waals surface area contributed by atoms with Crippen LogP contribution < -0.4 is 10.6 Å². The molecular formula is C6H12N2O. The van der Waals surface area contributed by atoms with Crippen molar-refractivity contribution in [3.63, 3.8) is 0 Å². The molecule has 2 N–H and O–H groups in total. The van der Waals surface area contributed by atoms with Gasteiger partial charge in [0.1, 0.15) is 0 Å². The second-order valence-corrected chi connectivity index (χ2v) is 1.89. The molecule has 0 bridgehead atoms. The molecule has 52 valence electrons. The molecule has 0 aromatic heterocycles. The van der Waals surface area contributed by atoms with Crippen LogP contribution in [0.25, 0.3) is 0 Å². The van der Waals surface area contributed by atoms with Crippen LogP contribution in [0.3, 0.4) is 0 Å². The predicted molar refractivity (Wildman–Crippen MR) is 37.3 cm³/mol. The molecule has 2 amide bonds. The van der Waals surface area contributed by atoms with E-state index in [1.54, 1.807) is 7.05 Å². The van der Waals surface area contributed by atoms with Crippen LogP contribution in [-0.2, 0) is 0 Å². The van der Waals surface area contributed by atoms with E-state index in [0.29, 0.717) is 6.54 Å². The van der Waals surface area contributed by atoms with Gasteiger partial charge in [-0.05, 0) is 6.92 Å². The maximum Gasteiger partial charge on any atom is 0.314 e. The van der Waals surface area contributed by atoms with Gasteiger partial charge in [0.15, 0.2) is 0 Å². The highest BCUT2D eigenvalue weighted by molar-refractivity contribution is 5.73. The number of amides is 2. The minimum absolute atomic E-state index is 0.169. The molecule has 0 atom stereocenters. The van der Waals surface area contributed by atoms with Gasteiger partial charge in [0.2, 0.25) is 0 Å². The molecule has 0 fully saturated rings. The van der Waals surface area contributed by atoms with Gasteiger partial charge < -0.3 is 10.6 Å². The SMILES string of the molecule is C=C(C)CNC(=O)NC. The van der Waals surface area contributed by atoms with Crippen molar-refractivity contribution in [1.29, 1.82) is 0 Å². The Morgan fingerprint density at radius 1 is 1.67 bits per heavy atom. The summed E-state index contributed by atoms with van der Waals surface area (Å²) in [5, 5.41) is 5.01. The molecule has 3 heteroatoms. The van der Waals surface area contributed by atoms with Crippen molar-refractivity contribution in [1.82, 2.24) is 10.6 Å². The van der Waals surface area contributed by atoms with Gasteiger partial charge in [-0.3, -0.25) is 0 Å². The first kappa shape index (κ1) is 8.01. The molecule has 9 heavy (non-hydrogen) atoms. The van der Waals surface area contributed by atoms with Gasteiger partial charge in [-0.25, -0.2) is 4.79 Å². The Morgan fingerprint density at radius 2 is 2.22 bits per heavy atom. The van der Waals surface area contributed by atoms with E-state index in [0.717, 1.165) is 5.57 Å². The van der Waals surface area contributed by atoms with Crippen molar-refractivity contribution in [3.05, 3.63) is 12.2 Å². The first-order valence-corrected chi connectivity index (χ1v) is 2.76. The fourth-order valence-corrected chi connectivity index (χ4v) is 0.320. The van der Waals surface area contributed by atoms with Gasteiger partial charge >= 0.3 is 6.03 Å². The Balaban J connectivity index is 3.28. The lowest BCUT2D eigenvalue weighted by atomic mass is 10.3. The van der Waals surface area contributed by atoms with Gasteiger partial charge in [-0.15, -0.1) is 0 Å². The normalized spacial score (nSPS) is 8.22. The van der Waals surface area contributed by atoms with Crippen LogP contribution in [0.5, 0.6) is 0 Å². The number of nitrogens with one attached hydrogen (secondary N) is 2. The summed E-state index contributed by atoms with van der Waals surface area (Å²) in [6.07, 6.45) is 0. The van der Waals surface area contributed by atoms with Gasteiger partial charge in [-0.1, -0.05) is 12.2 Å². The van der Waals surface area contributed by atoms with E-state index in [2.05, 4.69) is 17.2 Å². The zero-order chi connectivity index (χ0) is 7.28. The third kappa shape index (κ3) is 4.87. The van der Waals surface area contributed by atoms with Gasteiger partial charge in [-0.2, -0.15) is 0 Å². The van der Waals surface area contributed by atoms with Crippen molar-refractivity contribution in [2.24, 2.45) is 0 Å². The summed E-state index contributed by atoms with van der Waals surface area (Å²) in [4.78, 5) is 10.5. The molecule has 0 aliphatic heterocycles. The average Bonchev–Trinajstić information content (AvgIpc) is 1.83. The zero-order valence-electron chi connectivity index (χ0n) is 5.82. The highest BCUT2D eigenvalue weighted by Gasteiger charge is 1.91. The molecule has 0 unspecified atom stereocenters. The fourth-order valence-electron chi connectivity index (χ4n) is 0.320. The molecule has 0 saturated carbocycles. The molecule has 0 aliphatic rings. The van der Waals surface area contributed by atoms with E-state index in [1.807, 2.05) is 6.92 Å². The summed E-state index contributed by atoms with van der Waals surface area (Å²) in [5.41, 5.74) is 0.943. The molecule has 0 aliphatic carbocycles. The monoisotopic (exact) mass is 128 g/mol. The highest BCUT2D eigenvalue weighted by atomic mass is 16.2. The topological polar surface area (TPSA) is 41.1 Å². The largest absolute Gasteiger partial charge is 0.341 e. The molecular weight excluding hydrogens is 116 g/mol. The van der Waals surface area contributed by atoms with Crippen molar-refractivity contribution < 1.29 is 4.79 Å². The second kappa shape index (κ2) is 3.95. The van der Waals surface area contributed by atoms with E-state index in [4.69, 9.17) is 0 Å². The maximum absolute atomic E-state index is 10.5. The van der Waals surface area contributed by atoms with Crippen LogP contribution in [0.4, 0.5) is 4.79 Å². The number of carbonyl (C=O) groups excluding carboxylic acids is 1. The molecule has 0 aromatic rings. The third-order valence-corrected chi connectivity index (χ3v) is 0.778. The Kier molecular flexibility index (Phi) is 3.51. The van der Waals surface area contributed by atoms with Gasteiger partial charge in [0.05, 0.1) is 0 Å².